The van der Waals surface area contributed by atoms with Gasteiger partial charge in [0.25, 0.3) is 0 Å². The number of hydrogen-bond donors (Lipinski definition) is 1. The van der Waals surface area contributed by atoms with Crippen molar-refractivity contribution in [3.63, 3.8) is 0 Å². The predicted molar refractivity (Wildman–Crippen MR) is 85.7 cm³/mol. The lowest BCUT2D eigenvalue weighted by Crippen LogP contribution is -2.16. The molecule has 1 N–H and O–H groups in total. The third kappa shape index (κ3) is 2.86. The molecule has 0 spiro atoms. The lowest BCUT2D eigenvalue weighted by molar-refractivity contribution is -0.116. The van der Waals surface area contributed by atoms with Crippen LogP contribution < -0.4 is 5.32 Å². The van der Waals surface area contributed by atoms with Gasteiger partial charge in [0.1, 0.15) is 5.82 Å². The minimum atomic E-state index is -0.0428. The summed E-state index contributed by atoms with van der Waals surface area (Å²) in [6.45, 7) is 4.50. The highest BCUT2D eigenvalue weighted by Gasteiger charge is 2.09. The first kappa shape index (κ1) is 14.3. The number of aromatic nitrogens is 4. The maximum atomic E-state index is 12.1. The van der Waals surface area contributed by atoms with Crippen molar-refractivity contribution in [1.82, 2.24) is 19.6 Å². The lowest BCUT2D eigenvalue weighted by Gasteiger charge is -2.06. The molecule has 0 fully saturated rings. The van der Waals surface area contributed by atoms with Crippen LogP contribution in [-0.4, -0.2) is 25.5 Å². The number of carbonyl (C=O) groups is 1. The molecule has 6 heteroatoms. The second kappa shape index (κ2) is 5.63. The normalized spacial score (nSPS) is 11.0. The number of carbonyl (C=O) groups excluding carboxylic acids is 1. The van der Waals surface area contributed by atoms with Crippen molar-refractivity contribution < 1.29 is 4.79 Å². The predicted octanol–water partition coefficient (Wildman–Crippen LogP) is 2.42. The molecule has 0 radical (unpaired) electrons. The van der Waals surface area contributed by atoms with Crippen molar-refractivity contribution in [1.29, 1.82) is 0 Å². The van der Waals surface area contributed by atoms with Gasteiger partial charge in [0.2, 0.25) is 5.91 Å². The molecule has 3 rings (SSSR count). The van der Waals surface area contributed by atoms with Gasteiger partial charge in [-0.05, 0) is 26.0 Å². The Hall–Kier alpha value is -2.63. The summed E-state index contributed by atoms with van der Waals surface area (Å²) in [4.78, 5) is 12.1. The van der Waals surface area contributed by atoms with E-state index in [9.17, 15) is 4.79 Å². The van der Waals surface area contributed by atoms with Crippen molar-refractivity contribution in [2.45, 2.75) is 26.8 Å². The number of hydrogen-bond acceptors (Lipinski definition) is 3. The Morgan fingerprint density at radius 1 is 1.27 bits per heavy atom. The van der Waals surface area contributed by atoms with E-state index in [0.717, 1.165) is 16.6 Å². The van der Waals surface area contributed by atoms with Crippen molar-refractivity contribution >= 4 is 22.6 Å². The number of anilines is 1. The average molecular weight is 297 g/mol. The van der Waals surface area contributed by atoms with Crippen LogP contribution in [0.4, 0.5) is 5.82 Å². The Morgan fingerprint density at radius 3 is 2.82 bits per heavy atom. The Labute approximate surface area is 128 Å². The molecular weight excluding hydrogens is 278 g/mol. The summed E-state index contributed by atoms with van der Waals surface area (Å²) in [5, 5.41) is 12.5. The van der Waals surface area contributed by atoms with Gasteiger partial charge in [-0.2, -0.15) is 10.2 Å². The average Bonchev–Trinajstić information content (AvgIpc) is 2.99. The first-order chi connectivity index (χ1) is 10.5. The Bertz CT molecular complexity index is 830. The zero-order chi connectivity index (χ0) is 15.7. The third-order valence-corrected chi connectivity index (χ3v) is 3.62. The zero-order valence-corrected chi connectivity index (χ0v) is 13.0. The van der Waals surface area contributed by atoms with Crippen LogP contribution in [0.1, 0.15) is 17.7 Å². The summed E-state index contributed by atoms with van der Waals surface area (Å²) in [6.07, 6.45) is 2.21. The van der Waals surface area contributed by atoms with E-state index in [4.69, 9.17) is 0 Å². The van der Waals surface area contributed by atoms with Crippen LogP contribution in [0.3, 0.4) is 0 Å². The number of nitrogens with one attached hydrogen (secondary N) is 1. The van der Waals surface area contributed by atoms with E-state index < -0.39 is 0 Å². The molecule has 2 heterocycles. The number of amides is 1. The number of aryl methyl sites for hydroxylation is 4. The van der Waals surface area contributed by atoms with E-state index in [1.165, 1.54) is 5.56 Å². The highest BCUT2D eigenvalue weighted by Crippen LogP contribution is 2.16. The molecule has 0 atom stereocenters. The molecule has 1 amide bonds. The van der Waals surface area contributed by atoms with Gasteiger partial charge in [0.05, 0.1) is 24.0 Å². The van der Waals surface area contributed by atoms with Crippen LogP contribution in [0, 0.1) is 13.8 Å². The van der Waals surface area contributed by atoms with Crippen molar-refractivity contribution in [3.05, 3.63) is 41.7 Å². The van der Waals surface area contributed by atoms with E-state index in [2.05, 4.69) is 34.6 Å². The van der Waals surface area contributed by atoms with Crippen LogP contribution in [0.5, 0.6) is 0 Å². The fraction of sp³-hybridized carbons (Fsp3) is 0.312. The van der Waals surface area contributed by atoms with Crippen LogP contribution in [0.15, 0.2) is 30.5 Å². The maximum Gasteiger partial charge on any atom is 0.227 e. The van der Waals surface area contributed by atoms with Gasteiger partial charge in [-0.15, -0.1) is 0 Å². The van der Waals surface area contributed by atoms with Crippen molar-refractivity contribution in [3.8, 4) is 0 Å². The topological polar surface area (TPSA) is 64.7 Å². The summed E-state index contributed by atoms with van der Waals surface area (Å²) in [5.74, 6) is 0.669. The Kier molecular flexibility index (Phi) is 3.66. The van der Waals surface area contributed by atoms with E-state index >= 15 is 0 Å². The first-order valence-electron chi connectivity index (χ1n) is 7.25. The molecule has 0 bridgehead atoms. The summed E-state index contributed by atoms with van der Waals surface area (Å²) in [6, 6.07) is 8.04. The molecule has 0 aliphatic heterocycles. The molecular formula is C16H19N5O. The number of benzene rings is 1. The zero-order valence-electron chi connectivity index (χ0n) is 13.0. The van der Waals surface area contributed by atoms with Crippen LogP contribution in [0.25, 0.3) is 10.9 Å². The van der Waals surface area contributed by atoms with Gasteiger partial charge in [0.15, 0.2) is 0 Å². The largest absolute Gasteiger partial charge is 0.311 e. The Morgan fingerprint density at radius 2 is 2.09 bits per heavy atom. The fourth-order valence-corrected chi connectivity index (χ4v) is 2.53. The van der Waals surface area contributed by atoms with Gasteiger partial charge in [-0.3, -0.25) is 14.2 Å². The summed E-state index contributed by atoms with van der Waals surface area (Å²) in [7, 11) is 1.81. The first-order valence-corrected chi connectivity index (χ1v) is 7.25. The van der Waals surface area contributed by atoms with Crippen LogP contribution in [-0.2, 0) is 18.4 Å². The second-order valence-electron chi connectivity index (χ2n) is 5.52. The maximum absolute atomic E-state index is 12.1. The molecule has 0 saturated carbocycles. The van der Waals surface area contributed by atoms with Gasteiger partial charge in [-0.25, -0.2) is 0 Å². The summed E-state index contributed by atoms with van der Waals surface area (Å²) in [5.41, 5.74) is 3.14. The van der Waals surface area contributed by atoms with Gasteiger partial charge in [-0.1, -0.05) is 11.6 Å². The highest BCUT2D eigenvalue weighted by atomic mass is 16.1. The van der Waals surface area contributed by atoms with Crippen LogP contribution >= 0.6 is 0 Å². The molecule has 2 aromatic heterocycles. The fourth-order valence-electron chi connectivity index (χ4n) is 2.53. The monoisotopic (exact) mass is 297 g/mol. The van der Waals surface area contributed by atoms with E-state index in [1.807, 2.05) is 37.0 Å². The third-order valence-electron chi connectivity index (χ3n) is 3.62. The minimum absolute atomic E-state index is 0.0428. The van der Waals surface area contributed by atoms with E-state index in [1.54, 1.807) is 4.68 Å². The molecule has 3 aromatic rings. The van der Waals surface area contributed by atoms with E-state index in [0.29, 0.717) is 18.8 Å². The smallest absolute Gasteiger partial charge is 0.227 e. The lowest BCUT2D eigenvalue weighted by atomic mass is 10.2. The number of fused-ring (bicyclic) bond motifs is 1. The molecule has 0 aliphatic carbocycles. The van der Waals surface area contributed by atoms with E-state index in [-0.39, 0.29) is 5.91 Å². The van der Waals surface area contributed by atoms with Gasteiger partial charge in [0, 0.05) is 24.9 Å². The molecule has 22 heavy (non-hydrogen) atoms. The summed E-state index contributed by atoms with van der Waals surface area (Å²) >= 11 is 0. The molecule has 0 saturated heterocycles. The molecule has 0 unspecified atom stereocenters. The number of rotatable bonds is 4. The van der Waals surface area contributed by atoms with Gasteiger partial charge < -0.3 is 5.32 Å². The molecule has 6 nitrogen and oxygen atoms in total. The SMILES string of the molecule is Cc1ccc2c(cnn2CCC(=O)Nc2cc(C)nn2C)c1. The highest BCUT2D eigenvalue weighted by molar-refractivity contribution is 5.90. The number of nitrogens with zero attached hydrogens (tertiary/aromatic N) is 4. The summed E-state index contributed by atoms with van der Waals surface area (Å²) < 4.78 is 3.53. The Balaban J connectivity index is 1.66. The van der Waals surface area contributed by atoms with Crippen LogP contribution in [0.2, 0.25) is 0 Å². The minimum Gasteiger partial charge on any atom is -0.311 e. The van der Waals surface area contributed by atoms with Gasteiger partial charge >= 0.3 is 0 Å². The quantitative estimate of drug-likeness (QED) is 0.804. The molecule has 1 aromatic carbocycles. The molecule has 0 aliphatic rings. The molecule has 114 valence electrons. The van der Waals surface area contributed by atoms with Crippen molar-refractivity contribution in [2.75, 3.05) is 5.32 Å². The second-order valence-corrected chi connectivity index (χ2v) is 5.52. The van der Waals surface area contributed by atoms with Crippen molar-refractivity contribution in [2.24, 2.45) is 7.05 Å². The standard InChI is InChI=1S/C16H19N5O/c1-11-4-5-14-13(8-11)10-17-21(14)7-6-16(22)18-15-9-12(2)19-20(15)3/h4-5,8-10H,6-7H2,1-3H3,(H,18,22).